The molecule has 102 valence electrons. The summed E-state index contributed by atoms with van der Waals surface area (Å²) in [5.74, 6) is -1.06. The molecule has 0 heterocycles. The molecule has 0 N–H and O–H groups in total. The third-order valence-electron chi connectivity index (χ3n) is 3.58. The van der Waals surface area contributed by atoms with Crippen LogP contribution in [0.15, 0.2) is 18.2 Å². The van der Waals surface area contributed by atoms with Gasteiger partial charge in [-0.15, -0.1) is 0 Å². The summed E-state index contributed by atoms with van der Waals surface area (Å²) >= 11 is 0. The van der Waals surface area contributed by atoms with Crippen LogP contribution in [-0.4, -0.2) is 14.9 Å². The monoisotopic (exact) mass is 272 g/mol. The van der Waals surface area contributed by atoms with Gasteiger partial charge in [-0.1, -0.05) is 20.8 Å². The first kappa shape index (κ1) is 15.3. The molecule has 0 aliphatic rings. The molecule has 0 aliphatic heterocycles. The first-order valence-electron chi connectivity index (χ1n) is 6.21. The van der Waals surface area contributed by atoms with Crippen molar-refractivity contribution in [2.75, 3.05) is 6.61 Å². The molecule has 0 spiro atoms. The van der Waals surface area contributed by atoms with Crippen LogP contribution in [0.1, 0.15) is 26.3 Å². The molecule has 0 saturated carbocycles. The SMILES string of the molecule is CC(C)(C)[Si](C)(C)OCCc1cc(F)cc(F)c1. The molecular formula is C14H22F2OSi. The van der Waals surface area contributed by atoms with E-state index >= 15 is 0 Å². The summed E-state index contributed by atoms with van der Waals surface area (Å²) in [5, 5.41) is 0.153. The fourth-order valence-electron chi connectivity index (χ4n) is 1.40. The van der Waals surface area contributed by atoms with E-state index in [2.05, 4.69) is 33.9 Å². The van der Waals surface area contributed by atoms with Crippen molar-refractivity contribution in [2.24, 2.45) is 0 Å². The average Bonchev–Trinajstić information content (AvgIpc) is 2.13. The normalized spacial score (nSPS) is 12.8. The van der Waals surface area contributed by atoms with Crippen LogP contribution in [0.3, 0.4) is 0 Å². The van der Waals surface area contributed by atoms with Gasteiger partial charge in [-0.25, -0.2) is 8.78 Å². The molecule has 0 bridgehead atoms. The minimum absolute atomic E-state index is 0.153. The van der Waals surface area contributed by atoms with E-state index in [0.29, 0.717) is 18.6 Å². The molecular weight excluding hydrogens is 250 g/mol. The van der Waals surface area contributed by atoms with E-state index in [-0.39, 0.29) is 5.04 Å². The molecule has 1 aromatic carbocycles. The quantitative estimate of drug-likeness (QED) is 0.732. The Morgan fingerprint density at radius 3 is 2.00 bits per heavy atom. The van der Waals surface area contributed by atoms with E-state index in [1.807, 2.05) is 0 Å². The lowest BCUT2D eigenvalue weighted by Gasteiger charge is -2.36. The lowest BCUT2D eigenvalue weighted by molar-refractivity contribution is 0.291. The summed E-state index contributed by atoms with van der Waals surface area (Å²) in [4.78, 5) is 0. The molecule has 1 aromatic rings. The summed E-state index contributed by atoms with van der Waals surface area (Å²) in [6, 6.07) is 3.61. The lowest BCUT2D eigenvalue weighted by atomic mass is 10.1. The van der Waals surface area contributed by atoms with Gasteiger partial charge < -0.3 is 4.43 Å². The Morgan fingerprint density at radius 2 is 1.56 bits per heavy atom. The zero-order valence-corrected chi connectivity index (χ0v) is 12.8. The van der Waals surface area contributed by atoms with Crippen molar-refractivity contribution in [1.29, 1.82) is 0 Å². The molecule has 4 heteroatoms. The highest BCUT2D eigenvalue weighted by Gasteiger charge is 2.36. The number of hydrogen-bond donors (Lipinski definition) is 0. The third-order valence-corrected chi connectivity index (χ3v) is 8.12. The maximum absolute atomic E-state index is 13.0. The van der Waals surface area contributed by atoms with Gasteiger partial charge in [0, 0.05) is 12.7 Å². The maximum Gasteiger partial charge on any atom is 0.191 e. The first-order valence-corrected chi connectivity index (χ1v) is 9.11. The fourth-order valence-corrected chi connectivity index (χ4v) is 2.44. The van der Waals surface area contributed by atoms with Crippen molar-refractivity contribution in [3.63, 3.8) is 0 Å². The van der Waals surface area contributed by atoms with Crippen LogP contribution in [0.5, 0.6) is 0 Å². The number of hydrogen-bond acceptors (Lipinski definition) is 1. The van der Waals surface area contributed by atoms with Crippen LogP contribution in [0.25, 0.3) is 0 Å². The Bertz CT molecular complexity index is 390. The van der Waals surface area contributed by atoms with E-state index in [1.54, 1.807) is 0 Å². The van der Waals surface area contributed by atoms with E-state index in [9.17, 15) is 8.78 Å². The second kappa shape index (κ2) is 5.49. The molecule has 1 nitrogen and oxygen atoms in total. The van der Waals surface area contributed by atoms with Crippen molar-refractivity contribution in [3.05, 3.63) is 35.4 Å². The second-order valence-electron chi connectivity index (χ2n) is 6.14. The van der Waals surface area contributed by atoms with Gasteiger partial charge in [0.1, 0.15) is 11.6 Å². The van der Waals surface area contributed by atoms with Gasteiger partial charge in [-0.3, -0.25) is 0 Å². The van der Waals surface area contributed by atoms with Crippen LogP contribution in [0.2, 0.25) is 18.1 Å². The molecule has 0 radical (unpaired) electrons. The zero-order valence-electron chi connectivity index (χ0n) is 11.8. The van der Waals surface area contributed by atoms with Crippen LogP contribution in [0, 0.1) is 11.6 Å². The van der Waals surface area contributed by atoms with E-state index in [4.69, 9.17) is 4.43 Å². The van der Waals surface area contributed by atoms with Crippen molar-refractivity contribution >= 4 is 8.32 Å². The molecule has 18 heavy (non-hydrogen) atoms. The fraction of sp³-hybridized carbons (Fsp3) is 0.571. The predicted octanol–water partition coefficient (Wildman–Crippen LogP) is 4.53. The summed E-state index contributed by atoms with van der Waals surface area (Å²) in [6.45, 7) is 11.3. The van der Waals surface area contributed by atoms with Gasteiger partial charge in [-0.05, 0) is 42.2 Å². The maximum atomic E-state index is 13.0. The highest BCUT2D eigenvalue weighted by Crippen LogP contribution is 2.36. The Morgan fingerprint density at radius 1 is 1.06 bits per heavy atom. The first-order chi connectivity index (χ1) is 8.12. The van der Waals surface area contributed by atoms with Crippen LogP contribution >= 0.6 is 0 Å². The van der Waals surface area contributed by atoms with Crippen LogP contribution < -0.4 is 0 Å². The molecule has 0 saturated heterocycles. The molecule has 0 unspecified atom stereocenters. The van der Waals surface area contributed by atoms with Gasteiger partial charge in [0.15, 0.2) is 8.32 Å². The Kier molecular flexibility index (Phi) is 4.67. The summed E-state index contributed by atoms with van der Waals surface area (Å²) in [6.07, 6.45) is 0.543. The van der Waals surface area contributed by atoms with Crippen molar-refractivity contribution in [1.82, 2.24) is 0 Å². The number of halogens is 2. The van der Waals surface area contributed by atoms with Crippen LogP contribution in [0.4, 0.5) is 8.78 Å². The second-order valence-corrected chi connectivity index (χ2v) is 10.9. The number of benzene rings is 1. The third kappa shape index (κ3) is 4.17. The average molecular weight is 272 g/mol. The molecule has 0 atom stereocenters. The lowest BCUT2D eigenvalue weighted by Crippen LogP contribution is -2.41. The molecule has 0 aromatic heterocycles. The van der Waals surface area contributed by atoms with Crippen molar-refractivity contribution in [3.8, 4) is 0 Å². The van der Waals surface area contributed by atoms with Gasteiger partial charge in [0.05, 0.1) is 0 Å². The smallest absolute Gasteiger partial charge is 0.191 e. The van der Waals surface area contributed by atoms with Crippen molar-refractivity contribution in [2.45, 2.75) is 45.3 Å². The molecule has 0 aliphatic carbocycles. The minimum atomic E-state index is -1.77. The summed E-state index contributed by atoms with van der Waals surface area (Å²) < 4.78 is 32.0. The van der Waals surface area contributed by atoms with Crippen molar-refractivity contribution < 1.29 is 13.2 Å². The molecule has 0 amide bonds. The zero-order chi connectivity index (χ0) is 14.0. The summed E-state index contributed by atoms with van der Waals surface area (Å²) in [7, 11) is -1.77. The van der Waals surface area contributed by atoms with E-state index in [1.165, 1.54) is 12.1 Å². The Balaban J connectivity index is 2.57. The van der Waals surface area contributed by atoms with Gasteiger partial charge in [0.2, 0.25) is 0 Å². The Hall–Kier alpha value is -0.743. The topological polar surface area (TPSA) is 9.23 Å². The van der Waals surface area contributed by atoms with Gasteiger partial charge in [-0.2, -0.15) is 0 Å². The largest absolute Gasteiger partial charge is 0.416 e. The summed E-state index contributed by atoms with van der Waals surface area (Å²) in [5.41, 5.74) is 0.645. The van der Waals surface area contributed by atoms with Gasteiger partial charge in [0.25, 0.3) is 0 Å². The van der Waals surface area contributed by atoms with E-state index < -0.39 is 20.0 Å². The van der Waals surface area contributed by atoms with Gasteiger partial charge >= 0.3 is 0 Å². The predicted molar refractivity (Wildman–Crippen MR) is 73.2 cm³/mol. The Labute approximate surface area is 109 Å². The highest BCUT2D eigenvalue weighted by atomic mass is 28.4. The minimum Gasteiger partial charge on any atom is -0.416 e. The molecule has 0 fully saturated rings. The number of rotatable bonds is 4. The van der Waals surface area contributed by atoms with E-state index in [0.717, 1.165) is 6.07 Å². The van der Waals surface area contributed by atoms with Crippen LogP contribution in [-0.2, 0) is 10.8 Å². The molecule has 1 rings (SSSR count). The standard InChI is InChI=1S/C14H22F2OSi/c1-14(2,3)18(4,5)17-7-6-11-8-12(15)10-13(16)9-11/h8-10H,6-7H2,1-5H3. The highest BCUT2D eigenvalue weighted by molar-refractivity contribution is 6.74.